The molecular weight excluding hydrogens is 447 g/mol. The Morgan fingerprint density at radius 2 is 1.64 bits per heavy atom. The first-order valence-corrected chi connectivity index (χ1v) is 10.9. The topological polar surface area (TPSA) is 75.7 Å². The Morgan fingerprint density at radius 3 is 2.21 bits per heavy atom. The zero-order valence-corrected chi connectivity index (χ0v) is 18.3. The average molecular weight is 466 g/mol. The molecule has 2 rings (SSSR count). The molecule has 0 aromatic heterocycles. The monoisotopic (exact) mass is 464 g/mol. The van der Waals surface area contributed by atoms with Crippen LogP contribution < -0.4 is 10.1 Å². The highest BCUT2D eigenvalue weighted by Crippen LogP contribution is 2.32. The molecule has 6 nitrogen and oxygen atoms in total. The van der Waals surface area contributed by atoms with E-state index < -0.39 is 15.9 Å². The fraction of sp³-hybridized carbons (Fsp3) is 0.278. The first kappa shape index (κ1) is 22.8. The summed E-state index contributed by atoms with van der Waals surface area (Å²) in [7, 11) is -3.86. The Balaban J connectivity index is 2.16. The summed E-state index contributed by atoms with van der Waals surface area (Å²) < 4.78 is 32.0. The molecule has 0 aliphatic rings. The third kappa shape index (κ3) is 5.52. The largest absolute Gasteiger partial charge is 0.494 e. The minimum Gasteiger partial charge on any atom is -0.494 e. The molecule has 0 saturated heterocycles. The molecular formula is C18H19Cl3N2O4S. The Bertz CT molecular complexity index is 950. The van der Waals surface area contributed by atoms with Crippen LogP contribution in [0.5, 0.6) is 5.75 Å². The molecule has 0 unspecified atom stereocenters. The van der Waals surface area contributed by atoms with E-state index in [4.69, 9.17) is 39.5 Å². The highest BCUT2D eigenvalue weighted by Gasteiger charge is 2.25. The van der Waals surface area contributed by atoms with Crippen molar-refractivity contribution in [3.05, 3.63) is 51.5 Å². The molecule has 1 N–H and O–H groups in total. The Kier molecular flexibility index (Phi) is 7.97. The second-order valence-corrected chi connectivity index (χ2v) is 8.79. The van der Waals surface area contributed by atoms with Gasteiger partial charge in [0.2, 0.25) is 15.9 Å². The van der Waals surface area contributed by atoms with Gasteiger partial charge in [0.25, 0.3) is 0 Å². The number of rotatable bonds is 8. The van der Waals surface area contributed by atoms with E-state index in [0.29, 0.717) is 12.4 Å². The zero-order chi connectivity index (χ0) is 20.9. The van der Waals surface area contributed by atoms with Gasteiger partial charge in [0, 0.05) is 6.54 Å². The number of nitrogens with one attached hydrogen (secondary N) is 1. The van der Waals surface area contributed by atoms with Crippen molar-refractivity contribution >= 4 is 56.4 Å². The summed E-state index contributed by atoms with van der Waals surface area (Å²) in [4.78, 5) is 12.4. The molecule has 0 spiro atoms. The summed E-state index contributed by atoms with van der Waals surface area (Å²) >= 11 is 17.8. The van der Waals surface area contributed by atoms with Crippen LogP contribution in [0.3, 0.4) is 0 Å². The Hall–Kier alpha value is -1.51. The SMILES string of the molecule is CCOc1ccc(S(=O)(=O)N(CC)CC(=O)Nc2cc(Cl)c(Cl)cc2Cl)cc1. The second-order valence-electron chi connectivity index (χ2n) is 5.63. The zero-order valence-electron chi connectivity index (χ0n) is 15.2. The molecule has 0 radical (unpaired) electrons. The molecule has 28 heavy (non-hydrogen) atoms. The van der Waals surface area contributed by atoms with Gasteiger partial charge in [0.1, 0.15) is 5.75 Å². The van der Waals surface area contributed by atoms with Gasteiger partial charge in [0.15, 0.2) is 0 Å². The minimum atomic E-state index is -3.86. The van der Waals surface area contributed by atoms with Crippen LogP contribution in [-0.2, 0) is 14.8 Å². The quantitative estimate of drug-likeness (QED) is 0.574. The van der Waals surface area contributed by atoms with Crippen LogP contribution in [0.15, 0.2) is 41.3 Å². The first-order chi connectivity index (χ1) is 13.2. The highest BCUT2D eigenvalue weighted by atomic mass is 35.5. The number of hydrogen-bond donors (Lipinski definition) is 1. The van der Waals surface area contributed by atoms with Crippen molar-refractivity contribution in [1.29, 1.82) is 0 Å². The Labute approximate surface area is 179 Å². The number of nitrogens with zero attached hydrogens (tertiary/aromatic N) is 1. The standard InChI is InChI=1S/C18H19Cl3N2O4S/c1-3-23(28(25,26)13-7-5-12(6-8-13)27-4-2)11-18(24)22-17-10-15(20)14(19)9-16(17)21/h5-10H,3-4,11H2,1-2H3,(H,22,24). The smallest absolute Gasteiger partial charge is 0.243 e. The molecule has 0 heterocycles. The molecule has 10 heteroatoms. The van der Waals surface area contributed by atoms with Gasteiger partial charge < -0.3 is 10.1 Å². The summed E-state index contributed by atoms with van der Waals surface area (Å²) in [5.41, 5.74) is 0.246. The van der Waals surface area contributed by atoms with E-state index >= 15 is 0 Å². The van der Waals surface area contributed by atoms with E-state index in [1.165, 1.54) is 24.3 Å². The van der Waals surface area contributed by atoms with Gasteiger partial charge in [-0.3, -0.25) is 4.79 Å². The minimum absolute atomic E-state index is 0.0678. The van der Waals surface area contributed by atoms with E-state index in [-0.39, 0.29) is 38.7 Å². The van der Waals surface area contributed by atoms with Crippen LogP contribution in [0.2, 0.25) is 15.1 Å². The lowest BCUT2D eigenvalue weighted by Gasteiger charge is -2.20. The number of hydrogen-bond acceptors (Lipinski definition) is 4. The van der Waals surface area contributed by atoms with Gasteiger partial charge in [-0.25, -0.2) is 8.42 Å². The maximum absolute atomic E-state index is 12.8. The van der Waals surface area contributed by atoms with Gasteiger partial charge in [-0.1, -0.05) is 41.7 Å². The lowest BCUT2D eigenvalue weighted by atomic mass is 10.3. The maximum Gasteiger partial charge on any atom is 0.243 e. The molecule has 1 amide bonds. The number of likely N-dealkylation sites (N-methyl/N-ethyl adjacent to an activating group) is 1. The number of carbonyl (C=O) groups is 1. The van der Waals surface area contributed by atoms with Gasteiger partial charge in [-0.2, -0.15) is 4.31 Å². The van der Waals surface area contributed by atoms with Crippen molar-refractivity contribution in [2.75, 3.05) is 25.0 Å². The number of anilines is 1. The van der Waals surface area contributed by atoms with E-state index in [0.717, 1.165) is 4.31 Å². The lowest BCUT2D eigenvalue weighted by Crippen LogP contribution is -2.37. The molecule has 2 aromatic rings. The number of ether oxygens (including phenoxy) is 1. The van der Waals surface area contributed by atoms with Gasteiger partial charge >= 0.3 is 0 Å². The first-order valence-electron chi connectivity index (χ1n) is 8.36. The van der Waals surface area contributed by atoms with Crippen LogP contribution >= 0.6 is 34.8 Å². The van der Waals surface area contributed by atoms with E-state index in [1.807, 2.05) is 6.92 Å². The highest BCUT2D eigenvalue weighted by molar-refractivity contribution is 7.89. The fourth-order valence-electron chi connectivity index (χ4n) is 2.36. The third-order valence-electron chi connectivity index (χ3n) is 3.73. The van der Waals surface area contributed by atoms with Crippen LogP contribution in [0.25, 0.3) is 0 Å². The van der Waals surface area contributed by atoms with E-state index in [1.54, 1.807) is 19.1 Å². The second kappa shape index (κ2) is 9.80. The molecule has 2 aromatic carbocycles. The average Bonchev–Trinajstić information content (AvgIpc) is 2.64. The van der Waals surface area contributed by atoms with Crippen molar-refractivity contribution < 1.29 is 17.9 Å². The molecule has 0 bridgehead atoms. The van der Waals surface area contributed by atoms with Crippen LogP contribution in [0, 0.1) is 0 Å². The number of carbonyl (C=O) groups excluding carboxylic acids is 1. The molecule has 152 valence electrons. The van der Waals surface area contributed by atoms with Crippen molar-refractivity contribution in [3.8, 4) is 5.75 Å². The molecule has 0 aliphatic carbocycles. The predicted octanol–water partition coefficient (Wildman–Crippen LogP) is 4.69. The summed E-state index contributed by atoms with van der Waals surface area (Å²) in [6.07, 6.45) is 0. The summed E-state index contributed by atoms with van der Waals surface area (Å²) in [6.45, 7) is 3.68. The molecule has 0 saturated carbocycles. The Morgan fingerprint density at radius 1 is 1.04 bits per heavy atom. The van der Waals surface area contributed by atoms with Gasteiger partial charge in [-0.15, -0.1) is 0 Å². The third-order valence-corrected chi connectivity index (χ3v) is 6.70. The fourth-order valence-corrected chi connectivity index (χ4v) is 4.36. The number of halogens is 3. The summed E-state index contributed by atoms with van der Waals surface area (Å²) in [5.74, 6) is 0.00755. The summed E-state index contributed by atoms with van der Waals surface area (Å²) in [5, 5.41) is 3.21. The predicted molar refractivity (Wildman–Crippen MR) is 112 cm³/mol. The van der Waals surface area contributed by atoms with Crippen molar-refractivity contribution in [2.24, 2.45) is 0 Å². The van der Waals surface area contributed by atoms with Crippen molar-refractivity contribution in [2.45, 2.75) is 18.7 Å². The molecule has 0 fully saturated rings. The number of benzene rings is 2. The lowest BCUT2D eigenvalue weighted by molar-refractivity contribution is -0.116. The van der Waals surface area contributed by atoms with E-state index in [2.05, 4.69) is 5.32 Å². The normalized spacial score (nSPS) is 11.5. The molecule has 0 aliphatic heterocycles. The van der Waals surface area contributed by atoms with Crippen LogP contribution in [0.4, 0.5) is 5.69 Å². The summed E-state index contributed by atoms with van der Waals surface area (Å²) in [6, 6.07) is 8.82. The van der Waals surface area contributed by atoms with Gasteiger partial charge in [0.05, 0.1) is 38.8 Å². The van der Waals surface area contributed by atoms with Gasteiger partial charge in [-0.05, 0) is 43.3 Å². The van der Waals surface area contributed by atoms with Crippen molar-refractivity contribution in [3.63, 3.8) is 0 Å². The van der Waals surface area contributed by atoms with Crippen molar-refractivity contribution in [1.82, 2.24) is 4.31 Å². The number of amides is 1. The van der Waals surface area contributed by atoms with Crippen LogP contribution in [-0.4, -0.2) is 38.3 Å². The number of sulfonamides is 1. The maximum atomic E-state index is 12.8. The molecule has 0 atom stereocenters. The van der Waals surface area contributed by atoms with Crippen LogP contribution in [0.1, 0.15) is 13.8 Å². The van der Waals surface area contributed by atoms with E-state index in [9.17, 15) is 13.2 Å².